The topological polar surface area (TPSA) is 84.9 Å². The van der Waals surface area contributed by atoms with Crippen LogP contribution in [0.5, 0.6) is 5.75 Å². The summed E-state index contributed by atoms with van der Waals surface area (Å²) in [4.78, 5) is 23.1. The van der Waals surface area contributed by atoms with Crippen molar-refractivity contribution in [3.8, 4) is 5.75 Å². The van der Waals surface area contributed by atoms with Crippen LogP contribution in [0, 0.1) is 13.8 Å². The van der Waals surface area contributed by atoms with E-state index in [0.29, 0.717) is 12.2 Å². The van der Waals surface area contributed by atoms with E-state index in [1.807, 2.05) is 26.0 Å². The quantitative estimate of drug-likeness (QED) is 0.839. The van der Waals surface area contributed by atoms with E-state index in [-0.39, 0.29) is 6.61 Å². The van der Waals surface area contributed by atoms with Gasteiger partial charge in [-0.3, -0.25) is 4.79 Å². The molecule has 0 spiro atoms. The molecule has 1 heterocycles. The molecule has 6 heteroatoms. The van der Waals surface area contributed by atoms with Crippen molar-refractivity contribution in [3.63, 3.8) is 0 Å². The lowest BCUT2D eigenvalue weighted by Crippen LogP contribution is -2.48. The number of aliphatic carboxylic acids is 1. The Bertz CT molecular complexity index is 538. The monoisotopic (exact) mass is 293 g/mol. The van der Waals surface area contributed by atoms with E-state index in [9.17, 15) is 9.59 Å². The predicted molar refractivity (Wildman–Crippen MR) is 75.5 cm³/mol. The van der Waals surface area contributed by atoms with Crippen LogP contribution in [0.1, 0.15) is 16.7 Å². The first-order valence-electron chi connectivity index (χ1n) is 6.71. The van der Waals surface area contributed by atoms with Gasteiger partial charge < -0.3 is 19.9 Å². The Balaban J connectivity index is 2.04. The van der Waals surface area contributed by atoms with Crippen LogP contribution in [-0.2, 0) is 20.7 Å². The molecule has 1 aliphatic heterocycles. The van der Waals surface area contributed by atoms with Gasteiger partial charge in [0.1, 0.15) is 5.75 Å². The molecule has 0 saturated heterocycles. The number of fused-ring (bicyclic) bond motifs is 1. The van der Waals surface area contributed by atoms with E-state index in [2.05, 4.69) is 5.32 Å². The summed E-state index contributed by atoms with van der Waals surface area (Å²) in [7, 11) is 1.38. The fourth-order valence-electron chi connectivity index (χ4n) is 2.27. The Kier molecular flexibility index (Phi) is 4.47. The lowest BCUT2D eigenvalue weighted by molar-refractivity contribution is -0.144. The molecule has 114 valence electrons. The van der Waals surface area contributed by atoms with Crippen molar-refractivity contribution in [2.45, 2.75) is 32.4 Å². The van der Waals surface area contributed by atoms with Gasteiger partial charge in [-0.05, 0) is 36.6 Å². The van der Waals surface area contributed by atoms with Gasteiger partial charge in [-0.1, -0.05) is 6.07 Å². The van der Waals surface area contributed by atoms with Gasteiger partial charge in [0.15, 0.2) is 12.1 Å². The van der Waals surface area contributed by atoms with Gasteiger partial charge in [0.25, 0.3) is 5.91 Å². The largest absolute Gasteiger partial charge is 0.480 e. The number of carboxylic acids is 1. The van der Waals surface area contributed by atoms with Crippen LogP contribution in [0.2, 0.25) is 0 Å². The van der Waals surface area contributed by atoms with Gasteiger partial charge in [0, 0.05) is 13.5 Å². The summed E-state index contributed by atoms with van der Waals surface area (Å²) in [6.07, 6.45) is -0.248. The highest BCUT2D eigenvalue weighted by molar-refractivity contribution is 5.87. The Hall–Kier alpha value is -2.08. The molecule has 0 fully saturated rings. The highest BCUT2D eigenvalue weighted by Crippen LogP contribution is 2.31. The number of hydrogen-bond donors (Lipinski definition) is 2. The third-order valence-corrected chi connectivity index (χ3v) is 3.59. The minimum Gasteiger partial charge on any atom is -0.480 e. The molecule has 1 aromatic carbocycles. The van der Waals surface area contributed by atoms with E-state index >= 15 is 0 Å². The van der Waals surface area contributed by atoms with Crippen LogP contribution in [0.4, 0.5) is 0 Å². The van der Waals surface area contributed by atoms with Crippen LogP contribution in [0.3, 0.4) is 0 Å². The number of aryl methyl sites for hydroxylation is 2. The van der Waals surface area contributed by atoms with E-state index in [1.54, 1.807) is 0 Å². The van der Waals surface area contributed by atoms with Crippen molar-refractivity contribution in [1.29, 1.82) is 0 Å². The fourth-order valence-corrected chi connectivity index (χ4v) is 2.27. The molecule has 0 aromatic heterocycles. The van der Waals surface area contributed by atoms with Crippen molar-refractivity contribution in [3.05, 3.63) is 28.8 Å². The number of carbonyl (C=O) groups excluding carboxylic acids is 1. The Labute approximate surface area is 123 Å². The van der Waals surface area contributed by atoms with Crippen LogP contribution < -0.4 is 10.1 Å². The first kappa shape index (κ1) is 15.3. The minimum absolute atomic E-state index is 0.0844. The summed E-state index contributed by atoms with van der Waals surface area (Å²) >= 11 is 0. The number of amides is 1. The SMILES string of the molecule is COCC(NC(=O)C1Cc2cc(C)c(C)cc2O1)C(=O)O. The number of hydrogen-bond acceptors (Lipinski definition) is 4. The van der Waals surface area contributed by atoms with Gasteiger partial charge in [-0.15, -0.1) is 0 Å². The Morgan fingerprint density at radius 2 is 2.10 bits per heavy atom. The lowest BCUT2D eigenvalue weighted by Gasteiger charge is -2.16. The molecular weight excluding hydrogens is 274 g/mol. The van der Waals surface area contributed by atoms with Crippen molar-refractivity contribution < 1.29 is 24.2 Å². The number of nitrogens with one attached hydrogen (secondary N) is 1. The molecule has 0 saturated carbocycles. The minimum atomic E-state index is -1.13. The second kappa shape index (κ2) is 6.13. The van der Waals surface area contributed by atoms with E-state index in [4.69, 9.17) is 14.6 Å². The molecule has 1 aromatic rings. The fraction of sp³-hybridized carbons (Fsp3) is 0.467. The highest BCUT2D eigenvalue weighted by atomic mass is 16.5. The molecule has 2 unspecified atom stereocenters. The van der Waals surface area contributed by atoms with Crippen LogP contribution >= 0.6 is 0 Å². The van der Waals surface area contributed by atoms with Crippen molar-refractivity contribution in [2.75, 3.05) is 13.7 Å². The molecule has 0 aliphatic carbocycles. The van der Waals surface area contributed by atoms with Gasteiger partial charge in [0.05, 0.1) is 6.61 Å². The molecule has 2 N–H and O–H groups in total. The number of ether oxygens (including phenoxy) is 2. The van der Waals surface area contributed by atoms with E-state index < -0.39 is 24.0 Å². The molecule has 0 bridgehead atoms. The molecule has 2 atom stereocenters. The summed E-state index contributed by atoms with van der Waals surface area (Å²) in [6, 6.07) is 2.84. The Morgan fingerprint density at radius 3 is 2.71 bits per heavy atom. The molecule has 1 aliphatic rings. The van der Waals surface area contributed by atoms with Crippen molar-refractivity contribution in [2.24, 2.45) is 0 Å². The smallest absolute Gasteiger partial charge is 0.328 e. The van der Waals surface area contributed by atoms with Crippen molar-refractivity contribution in [1.82, 2.24) is 5.32 Å². The average Bonchev–Trinajstić information content (AvgIpc) is 2.81. The second-order valence-electron chi connectivity index (χ2n) is 5.21. The zero-order valence-corrected chi connectivity index (χ0v) is 12.3. The maximum absolute atomic E-state index is 12.1. The molecular formula is C15H19NO5. The second-order valence-corrected chi connectivity index (χ2v) is 5.21. The summed E-state index contributed by atoms with van der Waals surface area (Å²) in [5.74, 6) is -0.879. The average molecular weight is 293 g/mol. The first-order valence-corrected chi connectivity index (χ1v) is 6.71. The zero-order chi connectivity index (χ0) is 15.6. The maximum atomic E-state index is 12.1. The summed E-state index contributed by atoms with van der Waals surface area (Å²) in [6.45, 7) is 3.90. The number of benzene rings is 1. The molecule has 0 radical (unpaired) electrons. The van der Waals surface area contributed by atoms with E-state index in [1.165, 1.54) is 7.11 Å². The predicted octanol–water partition coefficient (Wildman–Crippen LogP) is 0.823. The molecule has 1 amide bonds. The van der Waals surface area contributed by atoms with Gasteiger partial charge in [-0.2, -0.15) is 0 Å². The summed E-state index contributed by atoms with van der Waals surface area (Å²) in [5, 5.41) is 11.4. The van der Waals surface area contributed by atoms with Crippen molar-refractivity contribution >= 4 is 11.9 Å². The summed E-state index contributed by atoms with van der Waals surface area (Å²) < 4.78 is 10.4. The Morgan fingerprint density at radius 1 is 1.43 bits per heavy atom. The number of carboxylic acid groups (broad SMARTS) is 1. The third-order valence-electron chi connectivity index (χ3n) is 3.59. The third kappa shape index (κ3) is 3.33. The number of methoxy groups -OCH3 is 1. The highest BCUT2D eigenvalue weighted by Gasteiger charge is 2.32. The number of carbonyl (C=O) groups is 2. The van der Waals surface area contributed by atoms with Crippen LogP contribution in [0.15, 0.2) is 12.1 Å². The zero-order valence-electron chi connectivity index (χ0n) is 12.3. The van der Waals surface area contributed by atoms with E-state index in [0.717, 1.165) is 16.7 Å². The number of rotatable bonds is 5. The standard InChI is InChI=1S/C15H19NO5/c1-8-4-10-6-13(21-12(10)5-9(8)2)14(17)16-11(7-20-3)15(18)19/h4-5,11,13H,6-7H2,1-3H3,(H,16,17)(H,18,19). The van der Waals surface area contributed by atoms with Gasteiger partial charge in [-0.25, -0.2) is 4.79 Å². The van der Waals surface area contributed by atoms with Gasteiger partial charge >= 0.3 is 5.97 Å². The van der Waals surface area contributed by atoms with Crippen LogP contribution in [-0.4, -0.2) is 42.8 Å². The molecule has 21 heavy (non-hydrogen) atoms. The lowest BCUT2D eigenvalue weighted by atomic mass is 10.0. The van der Waals surface area contributed by atoms with Gasteiger partial charge in [0.2, 0.25) is 0 Å². The molecule has 2 rings (SSSR count). The summed E-state index contributed by atoms with van der Waals surface area (Å²) in [5.41, 5.74) is 3.20. The maximum Gasteiger partial charge on any atom is 0.328 e. The molecule has 6 nitrogen and oxygen atoms in total. The van der Waals surface area contributed by atoms with Crippen LogP contribution in [0.25, 0.3) is 0 Å². The normalized spacial score (nSPS) is 17.8. The first-order chi connectivity index (χ1) is 9.92.